The van der Waals surface area contributed by atoms with Crippen molar-refractivity contribution in [3.8, 4) is 0 Å². The lowest BCUT2D eigenvalue weighted by Crippen LogP contribution is -2.38. The lowest BCUT2D eigenvalue weighted by atomic mass is 9.80. The normalized spacial score (nSPS) is 37.5. The van der Waals surface area contributed by atoms with Crippen LogP contribution in [0.2, 0.25) is 0 Å². The Morgan fingerprint density at radius 2 is 2.05 bits per heavy atom. The average Bonchev–Trinajstić information content (AvgIpc) is 3.38. The summed E-state index contributed by atoms with van der Waals surface area (Å²) >= 11 is 0. The average molecular weight is 257 g/mol. The highest BCUT2D eigenvalue weighted by Crippen LogP contribution is 2.59. The second-order valence-electron chi connectivity index (χ2n) is 6.68. The van der Waals surface area contributed by atoms with Crippen LogP contribution in [0.25, 0.3) is 0 Å². The van der Waals surface area contributed by atoms with Crippen molar-refractivity contribution in [1.82, 2.24) is 5.32 Å². The predicted molar refractivity (Wildman–Crippen MR) is 76.2 cm³/mol. The Morgan fingerprint density at radius 3 is 2.74 bits per heavy atom. The molecule has 0 radical (unpaired) electrons. The number of rotatable bonds is 5. The summed E-state index contributed by atoms with van der Waals surface area (Å²) in [5.41, 5.74) is 1.95. The summed E-state index contributed by atoms with van der Waals surface area (Å²) in [5.74, 6) is 1.62. The van der Waals surface area contributed by atoms with E-state index in [2.05, 4.69) is 35.6 Å². The smallest absolute Gasteiger partial charge is 0.0538 e. The Labute approximate surface area is 115 Å². The summed E-state index contributed by atoms with van der Waals surface area (Å²) in [6.07, 6.45) is 5.37. The highest BCUT2D eigenvalue weighted by atomic mass is 16.5. The molecule has 1 heterocycles. The topological polar surface area (TPSA) is 21.3 Å². The maximum Gasteiger partial charge on any atom is 0.0538 e. The van der Waals surface area contributed by atoms with E-state index in [0.29, 0.717) is 5.41 Å². The minimum atomic E-state index is 0.420. The number of benzene rings is 1. The third kappa shape index (κ3) is 2.32. The van der Waals surface area contributed by atoms with Crippen molar-refractivity contribution in [3.63, 3.8) is 0 Å². The summed E-state index contributed by atoms with van der Waals surface area (Å²) in [4.78, 5) is 0. The van der Waals surface area contributed by atoms with Crippen LogP contribution in [0.5, 0.6) is 0 Å². The zero-order valence-corrected chi connectivity index (χ0v) is 11.5. The second kappa shape index (κ2) is 4.60. The predicted octanol–water partition coefficient (Wildman–Crippen LogP) is 2.95. The van der Waals surface area contributed by atoms with Crippen LogP contribution < -0.4 is 5.32 Å². The second-order valence-corrected chi connectivity index (χ2v) is 6.68. The van der Waals surface area contributed by atoms with Gasteiger partial charge in [-0.3, -0.25) is 0 Å². The summed E-state index contributed by atoms with van der Waals surface area (Å²) in [5, 5.41) is 3.75. The molecule has 1 aromatic rings. The van der Waals surface area contributed by atoms with Crippen molar-refractivity contribution >= 4 is 0 Å². The van der Waals surface area contributed by atoms with Gasteiger partial charge in [-0.15, -0.1) is 0 Å². The van der Waals surface area contributed by atoms with Gasteiger partial charge >= 0.3 is 0 Å². The highest BCUT2D eigenvalue weighted by molar-refractivity contribution is 5.27. The van der Waals surface area contributed by atoms with Crippen molar-refractivity contribution in [3.05, 3.63) is 35.9 Å². The maximum atomic E-state index is 5.76. The molecule has 19 heavy (non-hydrogen) atoms. The minimum absolute atomic E-state index is 0.420. The van der Waals surface area contributed by atoms with Gasteiger partial charge in [0.25, 0.3) is 0 Å². The zero-order chi connectivity index (χ0) is 12.7. The molecule has 2 nitrogen and oxygen atoms in total. The van der Waals surface area contributed by atoms with Crippen molar-refractivity contribution in [2.24, 2.45) is 11.3 Å². The summed E-state index contributed by atoms with van der Waals surface area (Å²) in [6.45, 7) is 3.11. The molecule has 3 atom stereocenters. The molecule has 2 saturated carbocycles. The lowest BCUT2D eigenvalue weighted by Gasteiger charge is -2.28. The Kier molecular flexibility index (Phi) is 2.89. The Hall–Kier alpha value is -0.860. The minimum Gasteiger partial charge on any atom is -0.381 e. The third-order valence-corrected chi connectivity index (χ3v) is 5.26. The molecule has 0 spiro atoms. The molecule has 2 heteroatoms. The lowest BCUT2D eigenvalue weighted by molar-refractivity contribution is 0.134. The first-order chi connectivity index (χ1) is 9.37. The molecule has 3 fully saturated rings. The number of hydrogen-bond donors (Lipinski definition) is 1. The fraction of sp³-hybridized carbons (Fsp3) is 0.647. The van der Waals surface area contributed by atoms with E-state index in [1.807, 2.05) is 0 Å². The van der Waals surface area contributed by atoms with Crippen LogP contribution in [0.15, 0.2) is 30.3 Å². The van der Waals surface area contributed by atoms with E-state index >= 15 is 0 Å². The van der Waals surface area contributed by atoms with E-state index < -0.39 is 0 Å². The van der Waals surface area contributed by atoms with Crippen molar-refractivity contribution in [2.45, 2.75) is 37.6 Å². The van der Waals surface area contributed by atoms with Crippen LogP contribution in [0, 0.1) is 11.3 Å². The summed E-state index contributed by atoms with van der Waals surface area (Å²) < 4.78 is 5.76. The molecular weight excluding hydrogens is 234 g/mol. The van der Waals surface area contributed by atoms with Crippen LogP contribution in [0.1, 0.15) is 37.2 Å². The number of nitrogens with one attached hydrogen (secondary N) is 1. The van der Waals surface area contributed by atoms with Crippen LogP contribution in [-0.2, 0) is 4.74 Å². The molecule has 0 amide bonds. The zero-order valence-electron chi connectivity index (χ0n) is 11.5. The van der Waals surface area contributed by atoms with E-state index in [1.165, 1.54) is 37.8 Å². The van der Waals surface area contributed by atoms with E-state index in [0.717, 1.165) is 31.1 Å². The van der Waals surface area contributed by atoms with E-state index in [4.69, 9.17) is 4.74 Å². The van der Waals surface area contributed by atoms with Gasteiger partial charge in [-0.05, 0) is 43.1 Å². The SMILES string of the molecule is c1ccc(C2CC2C2(CNC3CC3)CCOC2)cc1. The molecule has 1 aromatic carbocycles. The Morgan fingerprint density at radius 1 is 1.21 bits per heavy atom. The van der Waals surface area contributed by atoms with Gasteiger partial charge in [0, 0.05) is 24.6 Å². The van der Waals surface area contributed by atoms with Gasteiger partial charge in [-0.25, -0.2) is 0 Å². The molecule has 102 valence electrons. The Balaban J connectivity index is 1.46. The van der Waals surface area contributed by atoms with Crippen LogP contribution in [0.3, 0.4) is 0 Å². The summed E-state index contributed by atoms with van der Waals surface area (Å²) in [7, 11) is 0. The fourth-order valence-corrected chi connectivity index (χ4v) is 3.76. The number of hydrogen-bond acceptors (Lipinski definition) is 2. The van der Waals surface area contributed by atoms with Crippen LogP contribution >= 0.6 is 0 Å². The molecule has 1 aliphatic heterocycles. The first kappa shape index (κ1) is 11.9. The third-order valence-electron chi connectivity index (χ3n) is 5.26. The molecule has 0 aromatic heterocycles. The van der Waals surface area contributed by atoms with Gasteiger partial charge in [0.15, 0.2) is 0 Å². The molecular formula is C17H23NO. The highest BCUT2D eigenvalue weighted by Gasteiger charge is 2.54. The standard InChI is InChI=1S/C17H23NO/c1-2-4-13(5-3-1)15-10-16(15)17(8-9-19-12-17)11-18-14-6-7-14/h1-5,14-16,18H,6-12H2. The van der Waals surface area contributed by atoms with E-state index in [9.17, 15) is 0 Å². The molecule has 1 saturated heterocycles. The molecule has 2 aliphatic carbocycles. The quantitative estimate of drug-likeness (QED) is 0.875. The molecule has 0 bridgehead atoms. The monoisotopic (exact) mass is 257 g/mol. The first-order valence-electron chi connectivity index (χ1n) is 7.73. The molecule has 4 rings (SSSR count). The van der Waals surface area contributed by atoms with Crippen LogP contribution in [-0.4, -0.2) is 25.8 Å². The molecule has 3 unspecified atom stereocenters. The fourth-order valence-electron chi connectivity index (χ4n) is 3.76. The first-order valence-corrected chi connectivity index (χ1v) is 7.73. The van der Waals surface area contributed by atoms with Gasteiger partial charge in [0.05, 0.1) is 6.61 Å². The summed E-state index contributed by atoms with van der Waals surface area (Å²) in [6, 6.07) is 11.9. The van der Waals surface area contributed by atoms with Crippen molar-refractivity contribution < 1.29 is 4.74 Å². The van der Waals surface area contributed by atoms with Gasteiger partial charge in [-0.1, -0.05) is 30.3 Å². The van der Waals surface area contributed by atoms with Gasteiger partial charge < -0.3 is 10.1 Å². The van der Waals surface area contributed by atoms with E-state index in [1.54, 1.807) is 0 Å². The van der Waals surface area contributed by atoms with Crippen molar-refractivity contribution in [2.75, 3.05) is 19.8 Å². The van der Waals surface area contributed by atoms with Gasteiger partial charge in [-0.2, -0.15) is 0 Å². The molecule has 3 aliphatic rings. The maximum absolute atomic E-state index is 5.76. The van der Waals surface area contributed by atoms with Gasteiger partial charge in [0.2, 0.25) is 0 Å². The van der Waals surface area contributed by atoms with Crippen molar-refractivity contribution in [1.29, 1.82) is 0 Å². The van der Waals surface area contributed by atoms with Gasteiger partial charge in [0.1, 0.15) is 0 Å². The van der Waals surface area contributed by atoms with Crippen LogP contribution in [0.4, 0.5) is 0 Å². The largest absolute Gasteiger partial charge is 0.381 e. The molecule has 1 N–H and O–H groups in total. The van der Waals surface area contributed by atoms with E-state index in [-0.39, 0.29) is 0 Å². The Bertz CT molecular complexity index is 434. The number of ether oxygens (including phenoxy) is 1.